The van der Waals surface area contributed by atoms with E-state index in [0.717, 1.165) is 12.8 Å². The Balaban J connectivity index is 0.000000383. The predicted octanol–water partition coefficient (Wildman–Crippen LogP) is 2.49. The van der Waals surface area contributed by atoms with E-state index in [9.17, 15) is 22.4 Å². The fraction of sp³-hybridized carbons (Fsp3) is 0.450. The van der Waals surface area contributed by atoms with Crippen LogP contribution in [-0.4, -0.2) is 74.4 Å². The first-order valence-corrected chi connectivity index (χ1v) is 9.86. The van der Waals surface area contributed by atoms with Crippen molar-refractivity contribution in [2.45, 2.75) is 37.1 Å². The number of aliphatic carboxylic acids is 1. The van der Waals surface area contributed by atoms with Gasteiger partial charge in [0.2, 0.25) is 0 Å². The summed E-state index contributed by atoms with van der Waals surface area (Å²) in [5.41, 5.74) is -0.141. The standard InChI is InChI=1S/C18H19FN4O3.C2HF3O2/c19-14-3-1-5-22-16(14)26-13-9-18(25-11-13)4-2-8-23(12-18)17(24)15-10-20-6-7-21-15;3-2(4,5)1(6)7/h1,3,5-7,10,13H,2,4,8-9,11-12H2;(H,6,7)/t13-,18-;/m0./s1. The number of carbonyl (C=O) groups is 2. The lowest BCUT2D eigenvalue weighted by Crippen LogP contribution is -2.50. The van der Waals surface area contributed by atoms with Crippen molar-refractivity contribution in [1.29, 1.82) is 0 Å². The number of amides is 1. The maximum Gasteiger partial charge on any atom is 0.490 e. The molecule has 0 radical (unpaired) electrons. The molecule has 0 aliphatic carbocycles. The number of rotatable bonds is 3. The lowest BCUT2D eigenvalue weighted by Gasteiger charge is -2.39. The van der Waals surface area contributed by atoms with Gasteiger partial charge in [-0.2, -0.15) is 13.2 Å². The maximum absolute atomic E-state index is 13.7. The third kappa shape index (κ3) is 6.34. The van der Waals surface area contributed by atoms with Gasteiger partial charge in [-0.1, -0.05) is 0 Å². The van der Waals surface area contributed by atoms with Gasteiger partial charge in [-0.05, 0) is 25.0 Å². The van der Waals surface area contributed by atoms with Crippen molar-refractivity contribution in [3.8, 4) is 5.88 Å². The highest BCUT2D eigenvalue weighted by molar-refractivity contribution is 5.92. The monoisotopic (exact) mass is 472 g/mol. The van der Waals surface area contributed by atoms with Gasteiger partial charge in [-0.3, -0.25) is 9.78 Å². The zero-order chi connectivity index (χ0) is 24.1. The summed E-state index contributed by atoms with van der Waals surface area (Å²) in [6.07, 6.45) is 2.88. The van der Waals surface area contributed by atoms with Crippen molar-refractivity contribution in [2.75, 3.05) is 19.7 Å². The number of carboxylic acid groups (broad SMARTS) is 1. The van der Waals surface area contributed by atoms with Crippen LogP contribution < -0.4 is 4.74 Å². The Bertz CT molecular complexity index is 978. The smallest absolute Gasteiger partial charge is 0.475 e. The zero-order valence-electron chi connectivity index (χ0n) is 17.2. The summed E-state index contributed by atoms with van der Waals surface area (Å²) < 4.78 is 57.2. The third-order valence-corrected chi connectivity index (χ3v) is 5.03. The minimum Gasteiger partial charge on any atom is -0.475 e. The highest BCUT2D eigenvalue weighted by Crippen LogP contribution is 2.36. The highest BCUT2D eigenvalue weighted by Gasteiger charge is 2.46. The number of alkyl halides is 3. The Morgan fingerprint density at radius 2 is 2.00 bits per heavy atom. The Morgan fingerprint density at radius 1 is 1.24 bits per heavy atom. The number of likely N-dealkylation sites (tertiary alicyclic amines) is 1. The lowest BCUT2D eigenvalue weighted by atomic mass is 9.89. The first kappa shape index (κ1) is 24.3. The number of piperidine rings is 1. The normalized spacial score (nSPS) is 22.4. The Morgan fingerprint density at radius 3 is 2.64 bits per heavy atom. The molecule has 33 heavy (non-hydrogen) atoms. The van der Waals surface area contributed by atoms with E-state index in [4.69, 9.17) is 19.4 Å². The summed E-state index contributed by atoms with van der Waals surface area (Å²) in [7, 11) is 0. The second kappa shape index (κ2) is 10.1. The fourth-order valence-electron chi connectivity index (χ4n) is 3.62. The zero-order valence-corrected chi connectivity index (χ0v) is 17.2. The van der Waals surface area contributed by atoms with Gasteiger partial charge in [-0.15, -0.1) is 0 Å². The molecule has 2 aromatic rings. The van der Waals surface area contributed by atoms with E-state index >= 15 is 0 Å². The number of nitrogens with zero attached hydrogens (tertiary/aromatic N) is 4. The molecular formula is C20H20F4N4O5. The molecular weight excluding hydrogens is 452 g/mol. The van der Waals surface area contributed by atoms with Gasteiger partial charge in [0.25, 0.3) is 11.8 Å². The first-order chi connectivity index (χ1) is 15.6. The van der Waals surface area contributed by atoms with Gasteiger partial charge in [-0.25, -0.2) is 19.2 Å². The van der Waals surface area contributed by atoms with Crippen LogP contribution in [0.4, 0.5) is 17.6 Å². The molecule has 0 bridgehead atoms. The Hall–Kier alpha value is -3.35. The molecule has 2 atom stereocenters. The van der Waals surface area contributed by atoms with Crippen LogP contribution in [0, 0.1) is 5.82 Å². The quantitative estimate of drug-likeness (QED) is 0.678. The van der Waals surface area contributed by atoms with Crippen molar-refractivity contribution in [1.82, 2.24) is 19.9 Å². The molecule has 9 nitrogen and oxygen atoms in total. The van der Waals surface area contributed by atoms with Crippen LogP contribution in [0.1, 0.15) is 29.8 Å². The van der Waals surface area contributed by atoms with Gasteiger partial charge >= 0.3 is 12.1 Å². The molecule has 0 unspecified atom stereocenters. The van der Waals surface area contributed by atoms with Crippen molar-refractivity contribution in [3.05, 3.63) is 48.4 Å². The van der Waals surface area contributed by atoms with E-state index in [1.807, 2.05) is 0 Å². The van der Waals surface area contributed by atoms with Crippen LogP contribution in [0.25, 0.3) is 0 Å². The van der Waals surface area contributed by atoms with Gasteiger partial charge < -0.3 is 19.5 Å². The molecule has 13 heteroatoms. The molecule has 2 aliphatic heterocycles. The number of pyridine rings is 1. The summed E-state index contributed by atoms with van der Waals surface area (Å²) in [5.74, 6) is -3.41. The second-order valence-electron chi connectivity index (χ2n) is 7.45. The third-order valence-electron chi connectivity index (χ3n) is 5.03. The Kier molecular flexibility index (Phi) is 7.41. The van der Waals surface area contributed by atoms with Gasteiger partial charge in [0.1, 0.15) is 11.8 Å². The summed E-state index contributed by atoms with van der Waals surface area (Å²) in [4.78, 5) is 35.2. The van der Waals surface area contributed by atoms with Gasteiger partial charge in [0, 0.05) is 31.6 Å². The molecule has 1 N–H and O–H groups in total. The van der Waals surface area contributed by atoms with Crippen molar-refractivity contribution in [3.63, 3.8) is 0 Å². The maximum atomic E-state index is 13.7. The molecule has 2 aromatic heterocycles. The molecule has 178 valence electrons. The molecule has 0 aromatic carbocycles. The molecule has 2 aliphatic rings. The average Bonchev–Trinajstić information content (AvgIpc) is 3.16. The number of hydrogen-bond donors (Lipinski definition) is 1. The highest BCUT2D eigenvalue weighted by atomic mass is 19.4. The van der Waals surface area contributed by atoms with E-state index in [0.29, 0.717) is 31.8 Å². The van der Waals surface area contributed by atoms with Crippen LogP contribution in [0.2, 0.25) is 0 Å². The van der Waals surface area contributed by atoms with Gasteiger partial charge in [0.15, 0.2) is 5.82 Å². The van der Waals surface area contributed by atoms with E-state index < -0.39 is 23.6 Å². The van der Waals surface area contributed by atoms with Crippen molar-refractivity contribution >= 4 is 11.9 Å². The van der Waals surface area contributed by atoms with Gasteiger partial charge in [0.05, 0.1) is 24.9 Å². The van der Waals surface area contributed by atoms with Crippen LogP contribution in [0.3, 0.4) is 0 Å². The minimum atomic E-state index is -5.08. The Labute approximate surface area is 185 Å². The van der Waals surface area contributed by atoms with Crippen LogP contribution in [0.15, 0.2) is 36.9 Å². The van der Waals surface area contributed by atoms with Crippen molar-refractivity contribution in [2.24, 2.45) is 0 Å². The fourth-order valence-corrected chi connectivity index (χ4v) is 3.62. The number of hydrogen-bond acceptors (Lipinski definition) is 7. The molecule has 4 heterocycles. The summed E-state index contributed by atoms with van der Waals surface area (Å²) in [6, 6.07) is 2.84. The minimum absolute atomic E-state index is 0.0125. The largest absolute Gasteiger partial charge is 0.490 e. The van der Waals surface area contributed by atoms with E-state index in [2.05, 4.69) is 15.0 Å². The lowest BCUT2D eigenvalue weighted by molar-refractivity contribution is -0.192. The molecule has 2 saturated heterocycles. The number of carboxylic acids is 1. The van der Waals surface area contributed by atoms with Crippen LogP contribution in [-0.2, 0) is 9.53 Å². The van der Waals surface area contributed by atoms with E-state index in [1.165, 1.54) is 36.9 Å². The van der Waals surface area contributed by atoms with Crippen LogP contribution in [0.5, 0.6) is 5.88 Å². The average molecular weight is 472 g/mol. The summed E-state index contributed by atoms with van der Waals surface area (Å²) in [5, 5.41) is 7.12. The second-order valence-corrected chi connectivity index (χ2v) is 7.45. The molecule has 2 fully saturated rings. The molecule has 4 rings (SSSR count). The number of halogens is 4. The SMILES string of the molecule is O=C(O)C(F)(F)F.O=C(c1cnccn1)N1CCC[C@]2(C[C@H](Oc3ncccc3F)CO2)C1. The van der Waals surface area contributed by atoms with Crippen LogP contribution >= 0.6 is 0 Å². The topological polar surface area (TPSA) is 115 Å². The van der Waals surface area contributed by atoms with Crippen molar-refractivity contribution < 1.29 is 41.7 Å². The predicted molar refractivity (Wildman–Crippen MR) is 103 cm³/mol. The summed E-state index contributed by atoms with van der Waals surface area (Å²) in [6.45, 7) is 1.47. The molecule has 1 amide bonds. The first-order valence-electron chi connectivity index (χ1n) is 9.86. The number of ether oxygens (including phenoxy) is 2. The molecule has 1 spiro atoms. The molecule has 0 saturated carbocycles. The summed E-state index contributed by atoms with van der Waals surface area (Å²) >= 11 is 0. The number of carbonyl (C=O) groups excluding carboxylic acids is 1. The number of aromatic nitrogens is 3. The van der Waals surface area contributed by atoms with E-state index in [1.54, 1.807) is 4.90 Å². The van der Waals surface area contributed by atoms with E-state index in [-0.39, 0.29) is 17.9 Å².